The predicted molar refractivity (Wildman–Crippen MR) is 109 cm³/mol. The summed E-state index contributed by atoms with van der Waals surface area (Å²) in [7, 11) is 0. The van der Waals surface area contributed by atoms with Gasteiger partial charge in [-0.1, -0.05) is 19.9 Å². The van der Waals surface area contributed by atoms with Crippen molar-refractivity contribution in [2.24, 2.45) is 29.6 Å². The van der Waals surface area contributed by atoms with E-state index in [0.717, 1.165) is 42.4 Å². The first-order valence-electron chi connectivity index (χ1n) is 11.0. The molecule has 0 radical (unpaired) electrons. The van der Waals surface area contributed by atoms with Crippen LogP contribution in [-0.4, -0.2) is 41.2 Å². The Hall–Kier alpha value is -2.91. The number of imide groups is 1. The van der Waals surface area contributed by atoms with Crippen LogP contribution in [0.3, 0.4) is 0 Å². The van der Waals surface area contributed by atoms with Crippen LogP contribution in [0.25, 0.3) is 0 Å². The Morgan fingerprint density at radius 3 is 2.27 bits per heavy atom. The van der Waals surface area contributed by atoms with Crippen LogP contribution in [0.1, 0.15) is 38.7 Å². The monoisotopic (exact) mass is 466 g/mol. The van der Waals surface area contributed by atoms with Gasteiger partial charge in [-0.15, -0.1) is 0 Å². The minimum absolute atomic E-state index is 0.0977. The topological polar surface area (TPSA) is 92.8 Å². The molecule has 2 saturated carbocycles. The molecule has 178 valence electrons. The van der Waals surface area contributed by atoms with Gasteiger partial charge >= 0.3 is 12.1 Å². The van der Waals surface area contributed by atoms with Crippen molar-refractivity contribution in [1.29, 1.82) is 0 Å². The summed E-state index contributed by atoms with van der Waals surface area (Å²) in [6.07, 6.45) is -1.88. The van der Waals surface area contributed by atoms with Crippen LogP contribution in [0.15, 0.2) is 24.3 Å². The molecule has 7 nitrogen and oxygen atoms in total. The molecule has 1 aromatic rings. The number of carbonyl (C=O) groups is 4. The van der Waals surface area contributed by atoms with Gasteiger partial charge in [-0.2, -0.15) is 13.2 Å². The van der Waals surface area contributed by atoms with Gasteiger partial charge in [0.15, 0.2) is 6.61 Å². The van der Waals surface area contributed by atoms with Crippen LogP contribution in [0.4, 0.5) is 18.9 Å². The minimum Gasteiger partial charge on any atom is -0.454 e. The van der Waals surface area contributed by atoms with Crippen LogP contribution >= 0.6 is 0 Å². The average Bonchev–Trinajstić information content (AvgIpc) is 3.42. The second-order valence-electron chi connectivity index (χ2n) is 9.35. The van der Waals surface area contributed by atoms with E-state index in [0.29, 0.717) is 0 Å². The van der Waals surface area contributed by atoms with Crippen molar-refractivity contribution in [3.8, 4) is 0 Å². The van der Waals surface area contributed by atoms with Crippen molar-refractivity contribution in [1.82, 2.24) is 4.90 Å². The number of amides is 3. The number of alkyl halides is 3. The highest BCUT2D eigenvalue weighted by molar-refractivity contribution is 6.08. The summed E-state index contributed by atoms with van der Waals surface area (Å²) >= 11 is 0. The molecule has 2 bridgehead atoms. The number of anilines is 1. The number of carbonyl (C=O) groups excluding carboxylic acids is 4. The molecule has 2 aliphatic carbocycles. The maximum atomic E-state index is 13.1. The second-order valence-corrected chi connectivity index (χ2v) is 9.35. The molecule has 33 heavy (non-hydrogen) atoms. The van der Waals surface area contributed by atoms with Gasteiger partial charge in [0.2, 0.25) is 11.8 Å². The number of nitrogens with one attached hydrogen (secondary N) is 1. The number of fused-ring (bicyclic) bond motifs is 5. The molecule has 1 aliphatic heterocycles. The summed E-state index contributed by atoms with van der Waals surface area (Å²) in [5, 5.41) is 2.25. The van der Waals surface area contributed by atoms with E-state index in [4.69, 9.17) is 4.74 Å². The zero-order valence-electron chi connectivity index (χ0n) is 18.2. The third-order valence-corrected chi connectivity index (χ3v) is 6.93. The van der Waals surface area contributed by atoms with Crippen molar-refractivity contribution in [2.75, 3.05) is 11.9 Å². The van der Waals surface area contributed by atoms with Gasteiger partial charge in [-0.3, -0.25) is 19.3 Å². The van der Waals surface area contributed by atoms with Gasteiger partial charge < -0.3 is 10.1 Å². The van der Waals surface area contributed by atoms with Crippen LogP contribution in [0.2, 0.25) is 0 Å². The highest BCUT2D eigenvalue weighted by Gasteiger charge is 2.62. The smallest absolute Gasteiger partial charge is 0.416 e. The van der Waals surface area contributed by atoms with Crippen LogP contribution in [0, 0.1) is 29.6 Å². The molecule has 3 aliphatic rings. The van der Waals surface area contributed by atoms with Gasteiger partial charge in [0.05, 0.1) is 17.4 Å². The summed E-state index contributed by atoms with van der Waals surface area (Å²) in [4.78, 5) is 52.1. The molecular weight excluding hydrogens is 441 g/mol. The van der Waals surface area contributed by atoms with Crippen LogP contribution < -0.4 is 5.32 Å². The fourth-order valence-electron chi connectivity index (χ4n) is 5.57. The van der Waals surface area contributed by atoms with Gasteiger partial charge in [0.25, 0.3) is 5.91 Å². The molecule has 1 saturated heterocycles. The lowest BCUT2D eigenvalue weighted by Crippen LogP contribution is -2.50. The Morgan fingerprint density at radius 1 is 1.12 bits per heavy atom. The number of ether oxygens (including phenoxy) is 1. The van der Waals surface area contributed by atoms with E-state index < -0.39 is 42.2 Å². The molecule has 10 heteroatoms. The van der Waals surface area contributed by atoms with E-state index in [2.05, 4.69) is 5.32 Å². The number of nitrogens with zero attached hydrogens (tertiary/aromatic N) is 1. The summed E-state index contributed by atoms with van der Waals surface area (Å²) < 4.78 is 43.6. The summed E-state index contributed by atoms with van der Waals surface area (Å²) in [5.41, 5.74) is -1.03. The van der Waals surface area contributed by atoms with Gasteiger partial charge in [0.1, 0.15) is 6.04 Å². The zero-order valence-corrected chi connectivity index (χ0v) is 18.2. The van der Waals surface area contributed by atoms with E-state index in [-0.39, 0.29) is 41.2 Å². The van der Waals surface area contributed by atoms with Gasteiger partial charge in [-0.05, 0) is 55.2 Å². The number of benzene rings is 1. The largest absolute Gasteiger partial charge is 0.454 e. The molecule has 1 aromatic carbocycles. The number of hydrogen-bond donors (Lipinski definition) is 1. The van der Waals surface area contributed by atoms with Crippen molar-refractivity contribution in [3.63, 3.8) is 0 Å². The first-order chi connectivity index (χ1) is 15.5. The number of esters is 1. The number of hydrogen-bond acceptors (Lipinski definition) is 5. The highest BCUT2D eigenvalue weighted by Crippen LogP contribution is 2.56. The van der Waals surface area contributed by atoms with Crippen molar-refractivity contribution >= 4 is 29.4 Å². The quantitative estimate of drug-likeness (QED) is 0.513. The second kappa shape index (κ2) is 8.46. The predicted octanol–water partition coefficient (Wildman–Crippen LogP) is 3.24. The SMILES string of the molecule is CC(C)[C@@H](C(=O)OCC(=O)Nc1cccc(C(F)(F)F)c1)N1C(=O)[C@@H]2[C@H]3CC[C@@H](C3)[C@@H]2C1=O. The van der Waals surface area contributed by atoms with Gasteiger partial charge in [-0.25, -0.2) is 4.79 Å². The third kappa shape index (κ3) is 4.22. The molecule has 1 N–H and O–H groups in total. The third-order valence-electron chi connectivity index (χ3n) is 6.93. The molecular formula is C23H25F3N2O5. The number of halogens is 3. The fourth-order valence-corrected chi connectivity index (χ4v) is 5.57. The fraction of sp³-hybridized carbons (Fsp3) is 0.565. The first-order valence-corrected chi connectivity index (χ1v) is 11.0. The lowest BCUT2D eigenvalue weighted by Gasteiger charge is -2.28. The van der Waals surface area contributed by atoms with Crippen molar-refractivity contribution in [2.45, 2.75) is 45.3 Å². The summed E-state index contributed by atoms with van der Waals surface area (Å²) in [6, 6.07) is 2.91. The maximum absolute atomic E-state index is 13.1. The maximum Gasteiger partial charge on any atom is 0.416 e. The molecule has 0 aromatic heterocycles. The van der Waals surface area contributed by atoms with Crippen molar-refractivity contribution in [3.05, 3.63) is 29.8 Å². The number of rotatable bonds is 6. The molecule has 5 atom stereocenters. The van der Waals surface area contributed by atoms with Crippen LogP contribution in [-0.2, 0) is 30.1 Å². The average molecular weight is 466 g/mol. The molecule has 4 rings (SSSR count). The molecule has 1 heterocycles. The summed E-state index contributed by atoms with van der Waals surface area (Å²) in [5.74, 6) is -3.27. The summed E-state index contributed by atoms with van der Waals surface area (Å²) in [6.45, 7) is 2.60. The van der Waals surface area contributed by atoms with E-state index in [1.54, 1.807) is 13.8 Å². The Bertz CT molecular complexity index is 965. The lowest BCUT2D eigenvalue weighted by atomic mass is 9.81. The highest BCUT2D eigenvalue weighted by atomic mass is 19.4. The van der Waals surface area contributed by atoms with Crippen molar-refractivity contribution < 1.29 is 37.1 Å². The molecule has 3 fully saturated rings. The van der Waals surface area contributed by atoms with E-state index in [9.17, 15) is 32.3 Å². The zero-order chi connectivity index (χ0) is 24.1. The Balaban J connectivity index is 1.40. The number of likely N-dealkylation sites (tertiary alicyclic amines) is 1. The molecule has 3 amide bonds. The van der Waals surface area contributed by atoms with E-state index >= 15 is 0 Å². The normalized spacial score (nSPS) is 27.2. The standard InChI is InChI=1S/C23H25F3N2O5/c1-11(2)19(28-20(30)17-12-6-7-13(8-12)18(17)21(28)31)22(32)33-10-16(29)27-15-5-3-4-14(9-15)23(24,25)26/h3-5,9,11-13,17-19H,6-8,10H2,1-2H3,(H,27,29)/t12-,13-,17-,18+,19-/m0/s1. The minimum atomic E-state index is -4.57. The van der Waals surface area contributed by atoms with Crippen LogP contribution in [0.5, 0.6) is 0 Å². The lowest BCUT2D eigenvalue weighted by molar-refractivity contribution is -0.162. The molecule has 0 spiro atoms. The Morgan fingerprint density at radius 2 is 1.73 bits per heavy atom. The first kappa shape index (κ1) is 23.3. The van der Waals surface area contributed by atoms with Gasteiger partial charge in [0, 0.05) is 5.69 Å². The van der Waals surface area contributed by atoms with E-state index in [1.807, 2.05) is 0 Å². The van der Waals surface area contributed by atoms with E-state index in [1.165, 1.54) is 6.07 Å². The molecule has 0 unspecified atom stereocenters. The Labute approximate surface area is 188 Å². The Kier molecular flexibility index (Phi) is 5.96.